The molecule has 14 nitrogen and oxygen atoms in total. The first-order chi connectivity index (χ1) is 26.3. The van der Waals surface area contributed by atoms with Gasteiger partial charge in [0.1, 0.15) is 24.9 Å². The maximum Gasteiger partial charge on any atom is 0.305 e. The zero-order valence-electron chi connectivity index (χ0n) is 33.0. The Morgan fingerprint density at radius 3 is 2.22 bits per heavy atom. The summed E-state index contributed by atoms with van der Waals surface area (Å²) in [6.07, 6.45) is 3.72. The van der Waals surface area contributed by atoms with Gasteiger partial charge in [0.15, 0.2) is 9.84 Å². The second-order valence-corrected chi connectivity index (χ2v) is 17.1. The van der Waals surface area contributed by atoms with Gasteiger partial charge in [-0.15, -0.1) is 0 Å². The van der Waals surface area contributed by atoms with Gasteiger partial charge >= 0.3 is 11.9 Å². The molecule has 4 N–H and O–H groups in total. The van der Waals surface area contributed by atoms with Crippen LogP contribution in [0.3, 0.4) is 0 Å². The maximum absolute atomic E-state index is 14.1. The molecule has 0 radical (unpaired) electrons. The van der Waals surface area contributed by atoms with Crippen LogP contribution in [0.15, 0.2) is 30.3 Å². The minimum absolute atomic E-state index is 0.0100. The molecule has 1 aromatic rings. The first kappa shape index (κ1) is 46.3. The van der Waals surface area contributed by atoms with Gasteiger partial charge in [0.2, 0.25) is 11.8 Å². The number of β-amino-alcohol motifs (C(OH)–C–C–N with tert-alkyl or cyclic N) is 1. The highest BCUT2D eigenvalue weighted by atomic mass is 32.2. The number of ether oxygens (including phenoxy) is 3. The van der Waals surface area contributed by atoms with Crippen molar-refractivity contribution < 1.29 is 52.0 Å². The van der Waals surface area contributed by atoms with Crippen LogP contribution >= 0.6 is 0 Å². The maximum atomic E-state index is 14.1. The van der Waals surface area contributed by atoms with Gasteiger partial charge in [0.05, 0.1) is 42.8 Å². The van der Waals surface area contributed by atoms with Gasteiger partial charge in [-0.2, -0.15) is 0 Å². The lowest BCUT2D eigenvalue weighted by Crippen LogP contribution is -2.57. The molecule has 1 heterocycles. The molecule has 1 aromatic carbocycles. The second kappa shape index (κ2) is 24.5. The van der Waals surface area contributed by atoms with E-state index in [4.69, 9.17) is 14.2 Å². The van der Waals surface area contributed by atoms with E-state index in [-0.39, 0.29) is 38.1 Å². The number of hydrogen-bond acceptors (Lipinski definition) is 12. The predicted molar refractivity (Wildman–Crippen MR) is 208 cm³/mol. The van der Waals surface area contributed by atoms with Crippen molar-refractivity contribution in [2.75, 3.05) is 51.0 Å². The first-order valence-corrected chi connectivity index (χ1v) is 22.0. The number of amides is 2. The Bertz CT molecular complexity index is 1420. The summed E-state index contributed by atoms with van der Waals surface area (Å²) in [6, 6.07) is 7.14. The van der Waals surface area contributed by atoms with Crippen LogP contribution in [0.1, 0.15) is 97.0 Å². The number of rotatable bonds is 24. The van der Waals surface area contributed by atoms with Crippen LogP contribution in [0.25, 0.3) is 0 Å². The SMILES string of the molecule is CCCC[C@H](NC(=O)[C@H](Cc1ccccc1)CS(=O)(=O)CC(COC(=O)CC)OC(=O)CC)C(=O)N[C@@H](CC1CCCCC1)[C@@H](O)[C@@H](O)CN1CCOCC1. The zero-order valence-corrected chi connectivity index (χ0v) is 33.8. The van der Waals surface area contributed by atoms with Gasteiger partial charge in [0, 0.05) is 32.5 Å². The lowest BCUT2D eigenvalue weighted by molar-refractivity contribution is -0.157. The summed E-state index contributed by atoms with van der Waals surface area (Å²) in [6.45, 7) is 7.23. The molecule has 2 aliphatic rings. The third kappa shape index (κ3) is 17.3. The quantitative estimate of drug-likeness (QED) is 0.112. The van der Waals surface area contributed by atoms with Crippen LogP contribution in [0, 0.1) is 11.8 Å². The average molecular weight is 796 g/mol. The Morgan fingerprint density at radius 2 is 1.58 bits per heavy atom. The Morgan fingerprint density at radius 1 is 0.909 bits per heavy atom. The van der Waals surface area contributed by atoms with Crippen molar-refractivity contribution in [1.29, 1.82) is 0 Å². The summed E-state index contributed by atoms with van der Waals surface area (Å²) >= 11 is 0. The van der Waals surface area contributed by atoms with Crippen molar-refractivity contribution in [3.05, 3.63) is 35.9 Å². The number of unbranched alkanes of at least 4 members (excludes halogenated alkanes) is 1. The number of aliphatic hydroxyl groups is 2. The smallest absolute Gasteiger partial charge is 0.305 e. The molecule has 2 amide bonds. The Labute approximate surface area is 327 Å². The van der Waals surface area contributed by atoms with Crippen LogP contribution < -0.4 is 10.6 Å². The highest BCUT2D eigenvalue weighted by Crippen LogP contribution is 2.29. The van der Waals surface area contributed by atoms with E-state index in [1.54, 1.807) is 44.2 Å². The van der Waals surface area contributed by atoms with Crippen molar-refractivity contribution >= 4 is 33.6 Å². The number of carbonyl (C=O) groups excluding carboxylic acids is 4. The number of morpholine rings is 1. The molecule has 6 atom stereocenters. The minimum Gasteiger partial charge on any atom is -0.462 e. The van der Waals surface area contributed by atoms with E-state index in [2.05, 4.69) is 10.6 Å². The molecule has 3 rings (SSSR count). The molecule has 55 heavy (non-hydrogen) atoms. The number of aliphatic hydroxyl groups excluding tert-OH is 2. The Balaban J connectivity index is 1.82. The van der Waals surface area contributed by atoms with E-state index in [1.165, 1.54) is 0 Å². The number of nitrogens with zero attached hydrogens (tertiary/aromatic N) is 1. The minimum atomic E-state index is -4.10. The van der Waals surface area contributed by atoms with Gasteiger partial charge in [-0.25, -0.2) is 8.42 Å². The van der Waals surface area contributed by atoms with E-state index >= 15 is 0 Å². The number of sulfone groups is 1. The van der Waals surface area contributed by atoms with Crippen LogP contribution in [-0.2, 0) is 49.6 Å². The fraction of sp³-hybridized carbons (Fsp3) is 0.750. The molecule has 2 fully saturated rings. The lowest BCUT2D eigenvalue weighted by atomic mass is 9.83. The van der Waals surface area contributed by atoms with E-state index in [0.717, 1.165) is 38.5 Å². The van der Waals surface area contributed by atoms with Crippen molar-refractivity contribution in [3.63, 3.8) is 0 Å². The van der Waals surface area contributed by atoms with Gasteiger partial charge in [0.25, 0.3) is 0 Å². The number of nitrogens with one attached hydrogen (secondary N) is 2. The monoisotopic (exact) mass is 795 g/mol. The van der Waals surface area contributed by atoms with Crippen LogP contribution in [-0.4, -0.2) is 129 Å². The number of carbonyl (C=O) groups is 4. The average Bonchev–Trinajstić information content (AvgIpc) is 3.18. The van der Waals surface area contributed by atoms with Crippen molar-refractivity contribution in [1.82, 2.24) is 15.5 Å². The van der Waals surface area contributed by atoms with E-state index in [0.29, 0.717) is 44.7 Å². The Kier molecular flexibility index (Phi) is 20.6. The van der Waals surface area contributed by atoms with Gasteiger partial charge < -0.3 is 35.1 Å². The van der Waals surface area contributed by atoms with Crippen molar-refractivity contribution in [3.8, 4) is 0 Å². The third-order valence-electron chi connectivity index (χ3n) is 10.4. The summed E-state index contributed by atoms with van der Waals surface area (Å²) in [5.41, 5.74) is 0.711. The zero-order chi connectivity index (χ0) is 40.2. The molecular formula is C40H65N3O11S. The van der Waals surface area contributed by atoms with Crippen LogP contribution in [0.2, 0.25) is 0 Å². The molecule has 1 aliphatic heterocycles. The second-order valence-electron chi connectivity index (χ2n) is 15.0. The highest BCUT2D eigenvalue weighted by Gasteiger charge is 2.36. The van der Waals surface area contributed by atoms with Crippen LogP contribution in [0.4, 0.5) is 0 Å². The van der Waals surface area contributed by atoms with Gasteiger partial charge in [-0.05, 0) is 30.7 Å². The molecular weight excluding hydrogens is 731 g/mol. The molecule has 1 aliphatic carbocycles. The molecule has 1 unspecified atom stereocenters. The molecule has 0 aromatic heterocycles. The number of benzene rings is 1. The summed E-state index contributed by atoms with van der Waals surface area (Å²) in [5.74, 6) is -4.52. The fourth-order valence-electron chi connectivity index (χ4n) is 7.20. The third-order valence-corrected chi connectivity index (χ3v) is 12.2. The number of esters is 2. The van der Waals surface area contributed by atoms with Crippen molar-refractivity contribution in [2.24, 2.45) is 11.8 Å². The van der Waals surface area contributed by atoms with Gasteiger partial charge in [-0.3, -0.25) is 24.1 Å². The largest absolute Gasteiger partial charge is 0.462 e. The summed E-state index contributed by atoms with van der Waals surface area (Å²) in [4.78, 5) is 54.2. The summed E-state index contributed by atoms with van der Waals surface area (Å²) < 4.78 is 43.2. The van der Waals surface area contributed by atoms with E-state index in [1.807, 2.05) is 11.8 Å². The van der Waals surface area contributed by atoms with E-state index in [9.17, 15) is 37.8 Å². The number of hydrogen-bond donors (Lipinski definition) is 4. The van der Waals surface area contributed by atoms with Gasteiger partial charge in [-0.1, -0.05) is 96.0 Å². The summed E-state index contributed by atoms with van der Waals surface area (Å²) in [7, 11) is -4.10. The highest BCUT2D eigenvalue weighted by molar-refractivity contribution is 7.91. The standard InChI is InChI=1S/C40H65N3O11S/c1-4-7-18-33(40(49)42-34(24-30-16-12-9-13-17-30)38(47)35(44)25-43-19-21-52-22-20-43)41-39(48)31(23-29-14-10-8-11-15-29)27-55(50,51)28-32(54-37(46)6-3)26-53-36(45)5-2/h8,10-11,14-15,30-35,38,44,47H,4-7,9,12-13,16-28H2,1-3H3,(H,41,48)(H,42,49)/t31-,32?,33+,34+,35+,38-/m1/s1. The first-order valence-electron chi connectivity index (χ1n) is 20.2. The molecule has 0 bridgehead atoms. The topological polar surface area (TPSA) is 198 Å². The predicted octanol–water partition coefficient (Wildman–Crippen LogP) is 2.72. The Hall–Kier alpha value is -3.11. The van der Waals surface area contributed by atoms with E-state index < -0.39 is 88.0 Å². The summed E-state index contributed by atoms with van der Waals surface area (Å²) in [5, 5.41) is 28.5. The molecule has 312 valence electrons. The molecule has 0 spiro atoms. The molecule has 15 heteroatoms. The lowest BCUT2D eigenvalue weighted by Gasteiger charge is -2.35. The normalized spacial score (nSPS) is 18.9. The fourth-order valence-corrected chi connectivity index (χ4v) is 8.95. The van der Waals surface area contributed by atoms with Crippen LogP contribution in [0.5, 0.6) is 0 Å². The van der Waals surface area contributed by atoms with Crippen molar-refractivity contribution in [2.45, 2.75) is 128 Å². The molecule has 1 saturated carbocycles. The molecule has 1 saturated heterocycles.